The van der Waals surface area contributed by atoms with E-state index in [-0.39, 0.29) is 5.56 Å². The van der Waals surface area contributed by atoms with E-state index in [4.69, 9.17) is 0 Å². The third kappa shape index (κ3) is 6.78. The summed E-state index contributed by atoms with van der Waals surface area (Å²) in [4.78, 5) is 11.8. The van der Waals surface area contributed by atoms with Crippen LogP contribution in [0.25, 0.3) is 0 Å². The highest BCUT2D eigenvalue weighted by atomic mass is 32.2. The van der Waals surface area contributed by atoms with E-state index in [1.54, 1.807) is 20.8 Å². The molecule has 0 aliphatic carbocycles. The van der Waals surface area contributed by atoms with Gasteiger partial charge in [0, 0.05) is 18.4 Å². The van der Waals surface area contributed by atoms with E-state index in [0.29, 0.717) is 12.1 Å². The Kier molecular flexibility index (Phi) is 8.10. The van der Waals surface area contributed by atoms with Crippen molar-refractivity contribution in [1.82, 2.24) is 4.31 Å². The van der Waals surface area contributed by atoms with Crippen molar-refractivity contribution in [2.24, 2.45) is 0 Å². The minimum atomic E-state index is -4.84. The van der Waals surface area contributed by atoms with Crippen molar-refractivity contribution >= 4 is 17.3 Å². The number of methoxy groups -OCH3 is 1. The van der Waals surface area contributed by atoms with E-state index < -0.39 is 58.6 Å². The second-order valence-corrected chi connectivity index (χ2v) is 9.17. The number of nitrogens with zero attached hydrogens (tertiary/aromatic N) is 1. The van der Waals surface area contributed by atoms with Crippen molar-refractivity contribution in [3.63, 3.8) is 0 Å². The molecule has 0 N–H and O–H groups in total. The zero-order valence-corrected chi connectivity index (χ0v) is 16.8. The number of carbonyl (C=O) groups excluding carboxylic acids is 1. The maximum atomic E-state index is 13.2. The van der Waals surface area contributed by atoms with Gasteiger partial charge in [0.15, 0.2) is 0 Å². The Balaban J connectivity index is 3.51. The number of esters is 1. The molecule has 0 aliphatic rings. The number of carbonyl (C=O) groups is 1. The highest BCUT2D eigenvalue weighted by Gasteiger charge is 2.39. The van der Waals surface area contributed by atoms with Gasteiger partial charge in [-0.15, -0.1) is 4.31 Å². The summed E-state index contributed by atoms with van der Waals surface area (Å²) in [6.45, 7) is 1.60. The van der Waals surface area contributed by atoms with Crippen LogP contribution in [0, 0.1) is 0 Å². The van der Waals surface area contributed by atoms with Crippen molar-refractivity contribution in [1.29, 1.82) is 0 Å². The molecule has 160 valence electrons. The van der Waals surface area contributed by atoms with Crippen molar-refractivity contribution < 1.29 is 40.8 Å². The molecule has 0 radical (unpaired) electrons. The van der Waals surface area contributed by atoms with E-state index in [1.165, 1.54) is 11.4 Å². The Morgan fingerprint density at radius 2 is 1.79 bits per heavy atom. The molecule has 5 nitrogen and oxygen atoms in total. The molecule has 0 saturated heterocycles. The van der Waals surface area contributed by atoms with Crippen LogP contribution in [0.4, 0.5) is 22.0 Å². The number of rotatable bonds is 7. The molecule has 0 saturated carbocycles. The molecular formula is C17H22F5NO4S. The number of benzene rings is 1. The average molecular weight is 431 g/mol. The van der Waals surface area contributed by atoms with Gasteiger partial charge in [-0.1, -0.05) is 0 Å². The van der Waals surface area contributed by atoms with Crippen molar-refractivity contribution in [2.45, 2.75) is 50.8 Å². The third-order valence-electron chi connectivity index (χ3n) is 3.68. The second kappa shape index (κ2) is 9.27. The summed E-state index contributed by atoms with van der Waals surface area (Å²) in [5, 5.41) is 0. The Hall–Kier alpha value is -1.59. The molecule has 1 rings (SSSR count). The van der Waals surface area contributed by atoms with Crippen LogP contribution in [0.15, 0.2) is 18.2 Å². The van der Waals surface area contributed by atoms with Gasteiger partial charge in [0.1, 0.15) is 10.5 Å². The number of halogens is 5. The average Bonchev–Trinajstić information content (AvgIpc) is 2.55. The zero-order chi connectivity index (χ0) is 21.9. The maximum absolute atomic E-state index is 13.2. The molecular weight excluding hydrogens is 409 g/mol. The van der Waals surface area contributed by atoms with Gasteiger partial charge in [0.05, 0.1) is 25.1 Å². The van der Waals surface area contributed by atoms with E-state index in [1.807, 2.05) is 0 Å². The van der Waals surface area contributed by atoms with Crippen LogP contribution in [0.2, 0.25) is 0 Å². The molecule has 0 aromatic heterocycles. The van der Waals surface area contributed by atoms with Crippen LogP contribution in [-0.2, 0) is 27.1 Å². The van der Waals surface area contributed by atoms with Crippen molar-refractivity contribution in [2.75, 3.05) is 14.2 Å². The molecule has 11 heteroatoms. The quantitative estimate of drug-likeness (QED) is 0.366. The summed E-state index contributed by atoms with van der Waals surface area (Å²) in [5.74, 6) is -1.49. The minimum Gasteiger partial charge on any atom is -0.597 e. The highest BCUT2D eigenvalue weighted by molar-refractivity contribution is 7.90. The standard InChI is InChI=1S/C17H22F5NO4S/c1-16(2,3)28(25)23(4)13(9-14(24)26-5)10-6-11(17(20,21)22)8-12(7-10)27-15(18)19/h6-8,13,15H,9H2,1-5H3/t13-,28?/m0/s1. The van der Waals surface area contributed by atoms with Crippen LogP contribution in [0.5, 0.6) is 5.75 Å². The summed E-state index contributed by atoms with van der Waals surface area (Å²) in [6, 6.07) is 0.981. The number of ether oxygens (including phenoxy) is 2. The molecule has 0 aliphatic heterocycles. The molecule has 0 fully saturated rings. The van der Waals surface area contributed by atoms with E-state index in [9.17, 15) is 31.3 Å². The number of hydrogen-bond donors (Lipinski definition) is 0. The Morgan fingerprint density at radius 3 is 2.21 bits per heavy atom. The molecule has 1 aromatic rings. The van der Waals surface area contributed by atoms with Crippen molar-refractivity contribution in [3.8, 4) is 5.75 Å². The smallest absolute Gasteiger partial charge is 0.416 e. The molecule has 1 aromatic carbocycles. The van der Waals surface area contributed by atoms with Gasteiger partial charge in [-0.2, -0.15) is 22.0 Å². The fraction of sp³-hybridized carbons (Fsp3) is 0.588. The van der Waals surface area contributed by atoms with Crippen LogP contribution < -0.4 is 4.74 Å². The van der Waals surface area contributed by atoms with Gasteiger partial charge < -0.3 is 14.0 Å². The summed E-state index contributed by atoms with van der Waals surface area (Å²) in [5.41, 5.74) is -1.39. The van der Waals surface area contributed by atoms with Crippen molar-refractivity contribution in [3.05, 3.63) is 29.3 Å². The van der Waals surface area contributed by atoms with Crippen LogP contribution in [-0.4, -0.2) is 40.3 Å². The zero-order valence-electron chi connectivity index (χ0n) is 16.0. The lowest BCUT2D eigenvalue weighted by molar-refractivity contribution is -0.141. The monoisotopic (exact) mass is 431 g/mol. The molecule has 1 unspecified atom stereocenters. The third-order valence-corrected chi connectivity index (χ3v) is 5.50. The highest BCUT2D eigenvalue weighted by Crippen LogP contribution is 2.38. The minimum absolute atomic E-state index is 0.157. The van der Waals surface area contributed by atoms with E-state index >= 15 is 0 Å². The first-order valence-electron chi connectivity index (χ1n) is 8.05. The first-order valence-corrected chi connectivity index (χ1v) is 9.16. The molecule has 0 bridgehead atoms. The first-order chi connectivity index (χ1) is 12.7. The topological polar surface area (TPSA) is 61.8 Å². The number of alkyl halides is 5. The molecule has 0 heterocycles. The molecule has 0 amide bonds. The SMILES string of the molecule is COC(=O)C[C@@H](c1cc(OC(F)F)cc(C(F)(F)F)c1)N(C)[S+]([O-])C(C)(C)C. The van der Waals surface area contributed by atoms with Gasteiger partial charge in [-0.05, 0) is 44.5 Å². The fourth-order valence-electron chi connectivity index (χ4n) is 2.39. The van der Waals surface area contributed by atoms with Crippen LogP contribution >= 0.6 is 0 Å². The lowest BCUT2D eigenvalue weighted by Gasteiger charge is -2.35. The maximum Gasteiger partial charge on any atom is 0.416 e. The van der Waals surface area contributed by atoms with Crippen LogP contribution in [0.1, 0.15) is 44.4 Å². The van der Waals surface area contributed by atoms with Gasteiger partial charge in [-0.3, -0.25) is 4.79 Å². The first kappa shape index (κ1) is 24.4. The molecule has 28 heavy (non-hydrogen) atoms. The van der Waals surface area contributed by atoms with Gasteiger partial charge in [0.2, 0.25) is 0 Å². The summed E-state index contributed by atoms with van der Waals surface area (Å²) in [6.07, 6.45) is -5.28. The fourth-order valence-corrected chi connectivity index (χ4v) is 3.69. The van der Waals surface area contributed by atoms with Gasteiger partial charge in [-0.25, -0.2) is 0 Å². The van der Waals surface area contributed by atoms with E-state index in [2.05, 4.69) is 9.47 Å². The Labute approximate surface area is 163 Å². The lowest BCUT2D eigenvalue weighted by atomic mass is 10.0. The summed E-state index contributed by atoms with van der Waals surface area (Å²) < 4.78 is 86.6. The Bertz CT molecular complexity index is 678. The summed E-state index contributed by atoms with van der Waals surface area (Å²) in [7, 11) is 2.46. The van der Waals surface area contributed by atoms with Crippen LogP contribution in [0.3, 0.4) is 0 Å². The summed E-state index contributed by atoms with van der Waals surface area (Å²) >= 11 is -1.72. The largest absolute Gasteiger partial charge is 0.597 e. The number of hydrogen-bond acceptors (Lipinski definition) is 5. The predicted octanol–water partition coefficient (Wildman–Crippen LogP) is 4.31. The predicted molar refractivity (Wildman–Crippen MR) is 93.1 cm³/mol. The molecule has 2 atom stereocenters. The van der Waals surface area contributed by atoms with Gasteiger partial charge >= 0.3 is 18.8 Å². The molecule has 0 spiro atoms. The van der Waals surface area contributed by atoms with Gasteiger partial charge in [0.25, 0.3) is 0 Å². The normalized spacial score (nSPS) is 14.9. The second-order valence-electron chi connectivity index (χ2n) is 6.87. The Morgan fingerprint density at radius 1 is 1.21 bits per heavy atom. The lowest BCUT2D eigenvalue weighted by Crippen LogP contribution is -2.43. The van der Waals surface area contributed by atoms with E-state index in [0.717, 1.165) is 13.2 Å².